The van der Waals surface area contributed by atoms with E-state index >= 15 is 0 Å². The van der Waals surface area contributed by atoms with Gasteiger partial charge in [0.1, 0.15) is 24.0 Å². The molecule has 31 heavy (non-hydrogen) atoms. The van der Waals surface area contributed by atoms with Gasteiger partial charge in [0.15, 0.2) is 0 Å². The zero-order valence-electron chi connectivity index (χ0n) is 17.4. The van der Waals surface area contributed by atoms with Crippen molar-refractivity contribution in [1.82, 2.24) is 5.32 Å². The topological polar surface area (TPSA) is 62.1 Å². The summed E-state index contributed by atoms with van der Waals surface area (Å²) in [5.74, 6) is 0.171. The molecule has 0 aromatic heterocycles. The maximum Gasteiger partial charge on any atom is 0.262 e. The molecule has 0 radical (unpaired) electrons. The Kier molecular flexibility index (Phi) is 7.64. The van der Waals surface area contributed by atoms with Crippen molar-refractivity contribution in [2.24, 2.45) is 0 Å². The molecule has 1 amide bonds. The molecule has 1 atom stereocenters. The molecular formula is C26H23BrN2O2. The van der Waals surface area contributed by atoms with Crippen LogP contribution in [0.1, 0.15) is 35.2 Å². The van der Waals surface area contributed by atoms with E-state index in [1.54, 1.807) is 6.08 Å². The van der Waals surface area contributed by atoms with Crippen LogP contribution in [0.2, 0.25) is 0 Å². The molecular weight excluding hydrogens is 452 g/mol. The number of hydrogen-bond donors (Lipinski definition) is 1. The molecule has 0 aliphatic heterocycles. The molecule has 3 aromatic rings. The Bertz CT molecular complexity index is 1130. The summed E-state index contributed by atoms with van der Waals surface area (Å²) < 4.78 is 6.83. The van der Waals surface area contributed by atoms with Crippen LogP contribution in [0.4, 0.5) is 0 Å². The Hall–Kier alpha value is -3.36. The highest BCUT2D eigenvalue weighted by molar-refractivity contribution is 9.10. The van der Waals surface area contributed by atoms with Gasteiger partial charge in [0, 0.05) is 10.0 Å². The monoisotopic (exact) mass is 474 g/mol. The maximum atomic E-state index is 12.7. The Labute approximate surface area is 191 Å². The van der Waals surface area contributed by atoms with Gasteiger partial charge in [0.05, 0.1) is 6.04 Å². The van der Waals surface area contributed by atoms with Crippen molar-refractivity contribution in [2.45, 2.75) is 26.5 Å². The molecule has 1 N–H and O–H groups in total. The highest BCUT2D eigenvalue weighted by atomic mass is 79.9. The molecule has 3 aromatic carbocycles. The first kappa shape index (κ1) is 22.3. The molecule has 3 rings (SSSR count). The normalized spacial score (nSPS) is 12.0. The average Bonchev–Trinajstić information content (AvgIpc) is 2.77. The van der Waals surface area contributed by atoms with Crippen molar-refractivity contribution in [2.75, 3.05) is 0 Å². The van der Waals surface area contributed by atoms with Crippen molar-refractivity contribution in [3.63, 3.8) is 0 Å². The average molecular weight is 475 g/mol. The van der Waals surface area contributed by atoms with E-state index in [9.17, 15) is 10.1 Å². The molecule has 0 fully saturated rings. The van der Waals surface area contributed by atoms with Crippen molar-refractivity contribution in [3.8, 4) is 11.8 Å². The van der Waals surface area contributed by atoms with Crippen LogP contribution in [-0.4, -0.2) is 5.91 Å². The summed E-state index contributed by atoms with van der Waals surface area (Å²) in [6.45, 7) is 4.31. The number of aryl methyl sites for hydroxylation is 1. The molecule has 0 spiro atoms. The van der Waals surface area contributed by atoms with Gasteiger partial charge in [-0.1, -0.05) is 76.1 Å². The summed E-state index contributed by atoms with van der Waals surface area (Å²) in [6.07, 6.45) is 1.56. The lowest BCUT2D eigenvalue weighted by Crippen LogP contribution is -2.27. The summed E-state index contributed by atoms with van der Waals surface area (Å²) in [5.41, 5.74) is 3.85. The summed E-state index contributed by atoms with van der Waals surface area (Å²) in [4.78, 5) is 12.7. The van der Waals surface area contributed by atoms with Crippen LogP contribution >= 0.6 is 15.9 Å². The van der Waals surface area contributed by atoms with Crippen LogP contribution in [0.25, 0.3) is 6.08 Å². The van der Waals surface area contributed by atoms with E-state index in [-0.39, 0.29) is 11.6 Å². The fourth-order valence-corrected chi connectivity index (χ4v) is 3.51. The van der Waals surface area contributed by atoms with Gasteiger partial charge in [0.25, 0.3) is 5.91 Å². The standard InChI is InChI=1S/C26H23BrN2O2/c1-18-7-6-8-20(13-18)17-31-25-12-11-24(27)15-22(25)14-23(16-28)26(30)29-19(2)21-9-4-3-5-10-21/h3-15,19H,17H2,1-2H3,(H,29,30)/b23-14-/t19-/m0/s1. The largest absolute Gasteiger partial charge is 0.488 e. The number of nitriles is 1. The Balaban J connectivity index is 1.80. The van der Waals surface area contributed by atoms with Crippen molar-refractivity contribution < 1.29 is 9.53 Å². The van der Waals surface area contributed by atoms with E-state index in [1.807, 2.05) is 86.6 Å². The number of nitrogens with one attached hydrogen (secondary N) is 1. The van der Waals surface area contributed by atoms with Crippen LogP contribution in [0.5, 0.6) is 5.75 Å². The summed E-state index contributed by atoms with van der Waals surface area (Å²) in [6, 6.07) is 25.0. The van der Waals surface area contributed by atoms with Crippen LogP contribution < -0.4 is 10.1 Å². The van der Waals surface area contributed by atoms with Gasteiger partial charge >= 0.3 is 0 Å². The lowest BCUT2D eigenvalue weighted by molar-refractivity contribution is -0.117. The van der Waals surface area contributed by atoms with Gasteiger partial charge in [-0.3, -0.25) is 4.79 Å². The third kappa shape index (κ3) is 6.31. The number of ether oxygens (including phenoxy) is 1. The van der Waals surface area contributed by atoms with Crippen LogP contribution in [0.15, 0.2) is 82.8 Å². The Morgan fingerprint density at radius 1 is 1.13 bits per heavy atom. The van der Waals surface area contributed by atoms with E-state index in [0.29, 0.717) is 17.9 Å². The lowest BCUT2D eigenvalue weighted by Gasteiger charge is -2.14. The number of rotatable bonds is 7. The predicted molar refractivity (Wildman–Crippen MR) is 126 cm³/mol. The summed E-state index contributed by atoms with van der Waals surface area (Å²) in [7, 11) is 0. The first-order chi connectivity index (χ1) is 15.0. The molecule has 0 aliphatic rings. The summed E-state index contributed by atoms with van der Waals surface area (Å²) >= 11 is 3.45. The van der Waals surface area contributed by atoms with Gasteiger partial charge in [-0.2, -0.15) is 5.26 Å². The molecule has 5 heteroatoms. The smallest absolute Gasteiger partial charge is 0.262 e. The van der Waals surface area contributed by atoms with Crippen LogP contribution in [0.3, 0.4) is 0 Å². The molecule has 0 aliphatic carbocycles. The lowest BCUT2D eigenvalue weighted by atomic mass is 10.1. The van der Waals surface area contributed by atoms with Gasteiger partial charge in [-0.15, -0.1) is 0 Å². The van der Waals surface area contributed by atoms with Crippen LogP contribution in [0, 0.1) is 18.3 Å². The molecule has 4 nitrogen and oxygen atoms in total. The number of nitrogens with zero attached hydrogens (tertiary/aromatic N) is 1. The van der Waals surface area contributed by atoms with E-state index < -0.39 is 5.91 Å². The SMILES string of the molecule is Cc1cccc(COc2ccc(Br)cc2/C=C(/C#N)C(=O)N[C@@H](C)c2ccccc2)c1. The molecule has 0 unspecified atom stereocenters. The first-order valence-corrected chi connectivity index (χ1v) is 10.7. The molecule has 156 valence electrons. The number of halogens is 1. The predicted octanol–water partition coefficient (Wildman–Crippen LogP) is 6.12. The fourth-order valence-electron chi connectivity index (χ4n) is 3.13. The fraction of sp³-hybridized carbons (Fsp3) is 0.154. The number of carbonyl (C=O) groups is 1. The van der Waals surface area contributed by atoms with E-state index in [1.165, 1.54) is 0 Å². The minimum Gasteiger partial charge on any atom is -0.488 e. The van der Waals surface area contributed by atoms with Gasteiger partial charge in [-0.05, 0) is 49.2 Å². The zero-order chi connectivity index (χ0) is 22.2. The van der Waals surface area contributed by atoms with Gasteiger partial charge in [-0.25, -0.2) is 0 Å². The molecule has 0 saturated heterocycles. The molecule has 0 saturated carbocycles. The van der Waals surface area contributed by atoms with Crippen molar-refractivity contribution >= 4 is 27.9 Å². The minimum absolute atomic E-state index is 0.0151. The second kappa shape index (κ2) is 10.6. The quantitative estimate of drug-likeness (QED) is 0.331. The minimum atomic E-state index is -0.427. The van der Waals surface area contributed by atoms with Crippen molar-refractivity contribution in [3.05, 3.63) is 105 Å². The van der Waals surface area contributed by atoms with Gasteiger partial charge < -0.3 is 10.1 Å². The Morgan fingerprint density at radius 2 is 1.90 bits per heavy atom. The highest BCUT2D eigenvalue weighted by Gasteiger charge is 2.15. The first-order valence-electron chi connectivity index (χ1n) is 9.92. The van der Waals surface area contributed by atoms with E-state index in [0.717, 1.165) is 21.2 Å². The van der Waals surface area contributed by atoms with E-state index in [2.05, 4.69) is 27.3 Å². The third-order valence-electron chi connectivity index (χ3n) is 4.76. The van der Waals surface area contributed by atoms with Crippen molar-refractivity contribution in [1.29, 1.82) is 5.26 Å². The third-order valence-corrected chi connectivity index (χ3v) is 5.25. The highest BCUT2D eigenvalue weighted by Crippen LogP contribution is 2.27. The number of benzene rings is 3. The molecule has 0 heterocycles. The summed E-state index contributed by atoms with van der Waals surface area (Å²) in [5, 5.41) is 12.5. The van der Waals surface area contributed by atoms with E-state index in [4.69, 9.17) is 4.74 Å². The zero-order valence-corrected chi connectivity index (χ0v) is 19.0. The van der Waals surface area contributed by atoms with Gasteiger partial charge in [0.2, 0.25) is 0 Å². The van der Waals surface area contributed by atoms with Crippen LogP contribution in [-0.2, 0) is 11.4 Å². The maximum absolute atomic E-state index is 12.7. The second-order valence-electron chi connectivity index (χ2n) is 7.24. The number of hydrogen-bond acceptors (Lipinski definition) is 3. The number of amides is 1. The second-order valence-corrected chi connectivity index (χ2v) is 8.15. The Morgan fingerprint density at radius 3 is 2.61 bits per heavy atom. The molecule has 0 bridgehead atoms. The number of carbonyl (C=O) groups excluding carboxylic acids is 1.